The monoisotopic (exact) mass is 434 g/mol. The summed E-state index contributed by atoms with van der Waals surface area (Å²) in [5.41, 5.74) is 1.21. The van der Waals surface area contributed by atoms with Gasteiger partial charge in [-0.15, -0.1) is 0 Å². The van der Waals surface area contributed by atoms with Crippen LogP contribution in [0.25, 0.3) is 0 Å². The number of nitrogens with zero attached hydrogens (tertiary/aromatic N) is 4. The molecule has 0 unspecified atom stereocenters. The van der Waals surface area contributed by atoms with Crippen LogP contribution >= 0.6 is 0 Å². The number of likely N-dealkylation sites (tertiary alicyclic amines) is 1. The van der Waals surface area contributed by atoms with Crippen LogP contribution in [0.4, 0.5) is 14.6 Å². The predicted octanol–water partition coefficient (Wildman–Crippen LogP) is 3.57. The van der Waals surface area contributed by atoms with Crippen molar-refractivity contribution >= 4 is 23.2 Å². The molecule has 3 heterocycles. The van der Waals surface area contributed by atoms with Crippen LogP contribution in [0.1, 0.15) is 67.8 Å². The van der Waals surface area contributed by atoms with E-state index in [9.17, 15) is 18.4 Å². The van der Waals surface area contributed by atoms with Crippen molar-refractivity contribution in [2.75, 3.05) is 20.2 Å². The van der Waals surface area contributed by atoms with Crippen molar-refractivity contribution in [1.82, 2.24) is 14.7 Å². The van der Waals surface area contributed by atoms with Gasteiger partial charge in [0, 0.05) is 50.6 Å². The van der Waals surface area contributed by atoms with Crippen LogP contribution in [0.15, 0.2) is 11.2 Å². The van der Waals surface area contributed by atoms with Crippen LogP contribution in [0.5, 0.6) is 0 Å². The molecule has 1 aromatic heterocycles. The lowest BCUT2D eigenvalue weighted by Crippen LogP contribution is -2.46. The van der Waals surface area contributed by atoms with Crippen molar-refractivity contribution in [3.63, 3.8) is 0 Å². The van der Waals surface area contributed by atoms with Crippen molar-refractivity contribution in [3.8, 4) is 0 Å². The number of amides is 1. The van der Waals surface area contributed by atoms with Gasteiger partial charge in [-0.1, -0.05) is 0 Å². The van der Waals surface area contributed by atoms with Crippen molar-refractivity contribution in [2.45, 2.75) is 69.4 Å². The van der Waals surface area contributed by atoms with Crippen LogP contribution in [0.2, 0.25) is 0 Å². The smallest absolute Gasteiger partial charge is 0.248 e. The average molecular weight is 434 g/mol. The number of carbonyl (C=O) groups is 2. The van der Waals surface area contributed by atoms with E-state index in [0.29, 0.717) is 37.3 Å². The summed E-state index contributed by atoms with van der Waals surface area (Å²) in [6.45, 7) is 1.32. The Morgan fingerprint density at radius 3 is 2.61 bits per heavy atom. The van der Waals surface area contributed by atoms with Crippen LogP contribution in [0, 0.1) is 11.8 Å². The van der Waals surface area contributed by atoms with E-state index in [-0.39, 0.29) is 54.9 Å². The van der Waals surface area contributed by atoms with E-state index in [4.69, 9.17) is 9.73 Å². The summed E-state index contributed by atoms with van der Waals surface area (Å²) in [5, 5.41) is 4.35. The second-order valence-electron chi connectivity index (χ2n) is 9.34. The minimum Gasteiger partial charge on any atom is -0.380 e. The van der Waals surface area contributed by atoms with Crippen molar-refractivity contribution < 1.29 is 23.1 Å². The molecule has 0 radical (unpaired) electrons. The van der Waals surface area contributed by atoms with Gasteiger partial charge in [0.25, 0.3) is 0 Å². The Balaban J connectivity index is 1.35. The Hall–Kier alpha value is -2.16. The van der Waals surface area contributed by atoms with Crippen LogP contribution in [-0.4, -0.2) is 64.3 Å². The SMILES string of the molecule is CO[C@@H]1CCN(C(=O)[C@H]2CC[C@@H]2C2=Nc3c(cnn3C3CCC(F)(F)CC3)C(=O)C2)C1. The summed E-state index contributed by atoms with van der Waals surface area (Å²) in [6, 6.07) is -0.173. The van der Waals surface area contributed by atoms with Gasteiger partial charge >= 0.3 is 0 Å². The van der Waals surface area contributed by atoms with Gasteiger partial charge in [0.1, 0.15) is 0 Å². The molecule has 31 heavy (non-hydrogen) atoms. The topological polar surface area (TPSA) is 76.8 Å². The van der Waals surface area contributed by atoms with E-state index >= 15 is 0 Å². The van der Waals surface area contributed by atoms with Gasteiger partial charge in [0.15, 0.2) is 11.6 Å². The first-order valence-electron chi connectivity index (χ1n) is 11.2. The number of alkyl halides is 2. The average Bonchev–Trinajstić information content (AvgIpc) is 3.35. The molecule has 0 N–H and O–H groups in total. The Bertz CT molecular complexity index is 918. The Kier molecular flexibility index (Phi) is 5.19. The molecule has 7 nitrogen and oxygen atoms in total. The molecule has 9 heteroatoms. The minimum atomic E-state index is -2.62. The zero-order valence-electron chi connectivity index (χ0n) is 17.7. The molecule has 2 aliphatic heterocycles. The number of ether oxygens (including phenoxy) is 1. The zero-order valence-corrected chi connectivity index (χ0v) is 17.7. The molecule has 5 rings (SSSR count). The highest BCUT2D eigenvalue weighted by Gasteiger charge is 2.45. The van der Waals surface area contributed by atoms with E-state index in [0.717, 1.165) is 25.0 Å². The number of methoxy groups -OCH3 is 1. The quantitative estimate of drug-likeness (QED) is 0.726. The third-order valence-corrected chi connectivity index (χ3v) is 7.50. The summed E-state index contributed by atoms with van der Waals surface area (Å²) in [7, 11) is 1.67. The number of ketones is 1. The molecule has 0 aromatic carbocycles. The van der Waals surface area contributed by atoms with E-state index < -0.39 is 5.92 Å². The maximum absolute atomic E-state index is 13.6. The molecule has 1 aromatic rings. The van der Waals surface area contributed by atoms with E-state index in [2.05, 4.69) is 5.10 Å². The van der Waals surface area contributed by atoms with Crippen LogP contribution in [0.3, 0.4) is 0 Å². The van der Waals surface area contributed by atoms with E-state index in [1.807, 2.05) is 4.90 Å². The fraction of sp³-hybridized carbons (Fsp3) is 0.727. The number of aliphatic imine (C=N–C) groups is 1. The molecule has 168 valence electrons. The third kappa shape index (κ3) is 3.70. The zero-order chi connectivity index (χ0) is 21.8. The first-order chi connectivity index (χ1) is 14.9. The van der Waals surface area contributed by atoms with Crippen molar-refractivity contribution in [2.24, 2.45) is 16.8 Å². The second-order valence-corrected chi connectivity index (χ2v) is 9.34. The molecule has 3 fully saturated rings. The standard InChI is InChI=1S/C22H28F2N4O3/c1-31-14-6-9-27(12-14)21(30)16-3-2-15(16)18-10-19(29)17-11-25-28(20(17)26-18)13-4-7-22(23,24)8-5-13/h11,13-16H,2-10,12H2,1H3/t14-,15+,16+/m1/s1. The van der Waals surface area contributed by atoms with Crippen LogP contribution < -0.4 is 0 Å². The molecule has 2 aliphatic carbocycles. The fourth-order valence-corrected chi connectivity index (χ4v) is 5.40. The number of halogens is 2. The molecule has 2 saturated carbocycles. The normalized spacial score (nSPS) is 30.7. The Labute approximate surface area is 179 Å². The summed E-state index contributed by atoms with van der Waals surface area (Å²) >= 11 is 0. The molecular weight excluding hydrogens is 406 g/mol. The molecule has 3 atom stereocenters. The number of hydrogen-bond donors (Lipinski definition) is 0. The molecule has 1 saturated heterocycles. The first kappa shape index (κ1) is 20.7. The number of aromatic nitrogens is 2. The molecule has 0 bridgehead atoms. The van der Waals surface area contributed by atoms with Gasteiger partial charge in [0.05, 0.1) is 30.3 Å². The summed E-state index contributed by atoms with van der Waals surface area (Å²) in [4.78, 5) is 32.5. The number of carbonyl (C=O) groups excluding carboxylic acids is 2. The lowest BCUT2D eigenvalue weighted by atomic mass is 9.69. The maximum Gasteiger partial charge on any atom is 0.248 e. The summed E-state index contributed by atoms with van der Waals surface area (Å²) in [6.07, 6.45) is 4.60. The highest BCUT2D eigenvalue weighted by atomic mass is 19.3. The van der Waals surface area contributed by atoms with Crippen molar-refractivity contribution in [1.29, 1.82) is 0 Å². The summed E-state index contributed by atoms with van der Waals surface area (Å²) < 4.78 is 34.2. The Morgan fingerprint density at radius 1 is 1.19 bits per heavy atom. The maximum atomic E-state index is 13.6. The predicted molar refractivity (Wildman–Crippen MR) is 109 cm³/mol. The third-order valence-electron chi connectivity index (χ3n) is 7.50. The van der Waals surface area contributed by atoms with Gasteiger partial charge in [-0.25, -0.2) is 18.5 Å². The van der Waals surface area contributed by atoms with Gasteiger partial charge in [0.2, 0.25) is 11.8 Å². The summed E-state index contributed by atoms with van der Waals surface area (Å²) in [5.74, 6) is -2.24. The first-order valence-corrected chi connectivity index (χ1v) is 11.2. The highest BCUT2D eigenvalue weighted by Crippen LogP contribution is 2.44. The lowest BCUT2D eigenvalue weighted by Gasteiger charge is -2.39. The van der Waals surface area contributed by atoms with Crippen LogP contribution in [-0.2, 0) is 9.53 Å². The van der Waals surface area contributed by atoms with Gasteiger partial charge < -0.3 is 9.64 Å². The van der Waals surface area contributed by atoms with E-state index in [1.54, 1.807) is 11.8 Å². The fourth-order valence-electron chi connectivity index (χ4n) is 5.40. The highest BCUT2D eigenvalue weighted by molar-refractivity contribution is 6.16. The van der Waals surface area contributed by atoms with Gasteiger partial charge in [-0.05, 0) is 32.1 Å². The van der Waals surface area contributed by atoms with Gasteiger partial charge in [-0.2, -0.15) is 5.10 Å². The second kappa shape index (κ2) is 7.76. The van der Waals surface area contributed by atoms with Crippen molar-refractivity contribution in [3.05, 3.63) is 11.8 Å². The minimum absolute atomic E-state index is 0.0368. The lowest BCUT2D eigenvalue weighted by molar-refractivity contribution is -0.139. The van der Waals surface area contributed by atoms with E-state index in [1.165, 1.54) is 6.20 Å². The molecule has 1 amide bonds. The Morgan fingerprint density at radius 2 is 1.97 bits per heavy atom. The number of fused-ring (bicyclic) bond motifs is 1. The largest absolute Gasteiger partial charge is 0.380 e. The molecular formula is C22H28F2N4O3. The van der Waals surface area contributed by atoms with Gasteiger partial charge in [-0.3, -0.25) is 9.59 Å². The molecule has 4 aliphatic rings. The molecule has 0 spiro atoms. The number of Topliss-reactive ketones (excluding diaryl/α,β-unsaturated/α-hetero) is 1. The number of hydrogen-bond acceptors (Lipinski definition) is 5. The number of rotatable bonds is 4.